The second kappa shape index (κ2) is 10.6. The van der Waals surface area contributed by atoms with E-state index < -0.39 is 10.0 Å². The molecule has 0 radical (unpaired) electrons. The number of nitrogens with one attached hydrogen (secondary N) is 2. The zero-order valence-electron chi connectivity index (χ0n) is 18.2. The highest BCUT2D eigenvalue weighted by atomic mass is 35.5. The van der Waals surface area contributed by atoms with Gasteiger partial charge in [0.15, 0.2) is 6.61 Å². The van der Waals surface area contributed by atoms with Crippen LogP contribution in [-0.2, 0) is 21.2 Å². The summed E-state index contributed by atoms with van der Waals surface area (Å²) < 4.78 is 33.4. The van der Waals surface area contributed by atoms with E-state index in [1.54, 1.807) is 65.6 Å². The van der Waals surface area contributed by atoms with Gasteiger partial charge in [0.05, 0.1) is 4.90 Å². The number of benzene rings is 3. The van der Waals surface area contributed by atoms with Gasteiger partial charge in [-0.1, -0.05) is 18.2 Å². The zero-order valence-corrected chi connectivity index (χ0v) is 19.9. The van der Waals surface area contributed by atoms with Gasteiger partial charge in [-0.2, -0.15) is 0 Å². The minimum Gasteiger partial charge on any atom is -0.484 e. The SMILES string of the molecule is Cl.N=C(N)c1ccc(OCC(=O)N2CCCc3cc(NS(=O)(=O)c4ccccc4)ccc32)cc1. The maximum absolute atomic E-state index is 12.8. The number of halogens is 1. The fraction of sp³-hybridized carbons (Fsp3) is 0.167. The highest BCUT2D eigenvalue weighted by Crippen LogP contribution is 2.31. The Balaban J connectivity index is 0.00000324. The maximum atomic E-state index is 12.8. The molecule has 10 heteroatoms. The molecule has 0 unspecified atom stereocenters. The Morgan fingerprint density at radius 1 is 1.06 bits per heavy atom. The third-order valence-corrected chi connectivity index (χ3v) is 6.73. The van der Waals surface area contributed by atoms with Gasteiger partial charge in [-0.15, -0.1) is 12.4 Å². The van der Waals surface area contributed by atoms with E-state index in [9.17, 15) is 13.2 Å². The number of rotatable bonds is 7. The number of ether oxygens (including phenoxy) is 1. The third-order valence-electron chi connectivity index (χ3n) is 5.33. The van der Waals surface area contributed by atoms with Gasteiger partial charge in [0, 0.05) is 23.5 Å². The minimum absolute atomic E-state index is 0. The van der Waals surface area contributed by atoms with Crippen LogP contribution in [-0.4, -0.2) is 33.3 Å². The number of nitrogens with two attached hydrogens (primary N) is 1. The molecule has 3 aromatic rings. The molecule has 0 saturated heterocycles. The molecule has 0 aliphatic carbocycles. The number of hydrogen-bond donors (Lipinski definition) is 3. The van der Waals surface area contributed by atoms with Crippen LogP contribution in [0.3, 0.4) is 0 Å². The molecule has 8 nitrogen and oxygen atoms in total. The molecule has 0 spiro atoms. The first-order chi connectivity index (χ1) is 15.8. The topological polar surface area (TPSA) is 126 Å². The number of carbonyl (C=O) groups excluding carboxylic acids is 1. The summed E-state index contributed by atoms with van der Waals surface area (Å²) in [5.74, 6) is 0.286. The Morgan fingerprint density at radius 2 is 1.76 bits per heavy atom. The van der Waals surface area contributed by atoms with Gasteiger partial charge in [-0.05, 0) is 73.0 Å². The average molecular weight is 501 g/mol. The van der Waals surface area contributed by atoms with Crippen molar-refractivity contribution in [2.45, 2.75) is 17.7 Å². The largest absolute Gasteiger partial charge is 0.484 e. The summed E-state index contributed by atoms with van der Waals surface area (Å²) >= 11 is 0. The van der Waals surface area contributed by atoms with Crippen LogP contribution in [0.2, 0.25) is 0 Å². The molecule has 1 aliphatic heterocycles. The van der Waals surface area contributed by atoms with Crippen molar-refractivity contribution < 1.29 is 17.9 Å². The number of aryl methyl sites for hydroxylation is 1. The van der Waals surface area contributed by atoms with Crippen LogP contribution in [0.4, 0.5) is 11.4 Å². The number of fused-ring (bicyclic) bond motifs is 1. The Labute approximate surface area is 204 Å². The van der Waals surface area contributed by atoms with Crippen LogP contribution in [0, 0.1) is 5.41 Å². The monoisotopic (exact) mass is 500 g/mol. The number of nitrogen functional groups attached to an aromatic ring is 1. The lowest BCUT2D eigenvalue weighted by Gasteiger charge is -2.30. The van der Waals surface area contributed by atoms with Crippen molar-refractivity contribution in [1.29, 1.82) is 5.41 Å². The van der Waals surface area contributed by atoms with E-state index in [1.165, 1.54) is 12.1 Å². The summed E-state index contributed by atoms with van der Waals surface area (Å²) in [4.78, 5) is 14.7. The quantitative estimate of drug-likeness (QED) is 0.338. The van der Waals surface area contributed by atoms with Crippen molar-refractivity contribution >= 4 is 45.5 Å². The summed E-state index contributed by atoms with van der Waals surface area (Å²) in [6.45, 7) is 0.425. The van der Waals surface area contributed by atoms with Crippen molar-refractivity contribution in [2.75, 3.05) is 22.8 Å². The molecule has 1 heterocycles. The van der Waals surface area contributed by atoms with Gasteiger partial charge in [-0.25, -0.2) is 8.42 Å². The van der Waals surface area contributed by atoms with Gasteiger partial charge >= 0.3 is 0 Å². The lowest BCUT2D eigenvalue weighted by Crippen LogP contribution is -2.38. The van der Waals surface area contributed by atoms with E-state index in [0.29, 0.717) is 23.5 Å². The predicted molar refractivity (Wildman–Crippen MR) is 135 cm³/mol. The van der Waals surface area contributed by atoms with Crippen molar-refractivity contribution in [3.8, 4) is 5.75 Å². The number of amidine groups is 1. The van der Waals surface area contributed by atoms with Gasteiger partial charge in [0.2, 0.25) is 0 Å². The maximum Gasteiger partial charge on any atom is 0.264 e. The fourth-order valence-corrected chi connectivity index (χ4v) is 4.76. The highest BCUT2D eigenvalue weighted by molar-refractivity contribution is 7.92. The molecule has 0 atom stereocenters. The van der Waals surface area contributed by atoms with Crippen molar-refractivity contribution in [3.63, 3.8) is 0 Å². The van der Waals surface area contributed by atoms with Gasteiger partial charge < -0.3 is 15.4 Å². The van der Waals surface area contributed by atoms with Crippen LogP contribution < -0.4 is 20.1 Å². The summed E-state index contributed by atoms with van der Waals surface area (Å²) in [6, 6.07) is 20.0. The Bertz CT molecular complexity index is 1280. The molecule has 4 N–H and O–H groups in total. The molecule has 4 rings (SSSR count). The van der Waals surface area contributed by atoms with E-state index in [4.69, 9.17) is 15.9 Å². The average Bonchev–Trinajstić information content (AvgIpc) is 2.82. The smallest absolute Gasteiger partial charge is 0.264 e. The third kappa shape index (κ3) is 5.67. The van der Waals surface area contributed by atoms with E-state index in [1.807, 2.05) is 0 Å². The first-order valence-electron chi connectivity index (χ1n) is 10.4. The molecule has 1 aliphatic rings. The van der Waals surface area contributed by atoms with Crippen LogP contribution >= 0.6 is 12.4 Å². The van der Waals surface area contributed by atoms with Crippen molar-refractivity contribution in [3.05, 3.63) is 83.9 Å². The Hall–Kier alpha value is -3.56. The van der Waals surface area contributed by atoms with Crippen LogP contribution in [0.1, 0.15) is 17.5 Å². The lowest BCUT2D eigenvalue weighted by molar-refractivity contribution is -0.120. The van der Waals surface area contributed by atoms with Crippen molar-refractivity contribution in [2.24, 2.45) is 5.73 Å². The Morgan fingerprint density at radius 3 is 2.44 bits per heavy atom. The summed E-state index contributed by atoms with van der Waals surface area (Å²) in [5, 5.41) is 7.42. The van der Waals surface area contributed by atoms with Gasteiger partial charge in [-0.3, -0.25) is 14.9 Å². The highest BCUT2D eigenvalue weighted by Gasteiger charge is 2.24. The summed E-state index contributed by atoms with van der Waals surface area (Å²) in [6.07, 6.45) is 1.51. The van der Waals surface area contributed by atoms with E-state index in [2.05, 4.69) is 4.72 Å². The molecular formula is C24H25ClN4O4S. The van der Waals surface area contributed by atoms with E-state index in [0.717, 1.165) is 24.1 Å². The number of sulfonamides is 1. The number of hydrogen-bond acceptors (Lipinski definition) is 5. The second-order valence-electron chi connectivity index (χ2n) is 7.64. The number of anilines is 2. The predicted octanol–water partition coefficient (Wildman–Crippen LogP) is 3.55. The number of amides is 1. The summed E-state index contributed by atoms with van der Waals surface area (Å²) in [7, 11) is -3.69. The molecule has 34 heavy (non-hydrogen) atoms. The molecule has 0 aromatic heterocycles. The van der Waals surface area contributed by atoms with Crippen LogP contribution in [0.15, 0.2) is 77.7 Å². The molecule has 3 aromatic carbocycles. The molecule has 0 bridgehead atoms. The molecular weight excluding hydrogens is 476 g/mol. The number of nitrogens with zero attached hydrogens (tertiary/aromatic N) is 1. The number of carbonyl (C=O) groups is 1. The molecule has 0 saturated carbocycles. The van der Waals surface area contributed by atoms with E-state index in [-0.39, 0.29) is 35.7 Å². The van der Waals surface area contributed by atoms with Crippen LogP contribution in [0.25, 0.3) is 0 Å². The molecule has 1 amide bonds. The van der Waals surface area contributed by atoms with Gasteiger partial charge in [0.1, 0.15) is 11.6 Å². The second-order valence-corrected chi connectivity index (χ2v) is 9.32. The standard InChI is InChI=1S/C24H24N4O4S.ClH/c25-24(26)17-8-11-20(12-9-17)32-16-23(29)28-14-4-5-18-15-19(10-13-22(18)28)27-33(30,31)21-6-2-1-3-7-21;/h1-3,6-13,15,27H,4-5,14,16H2,(H3,25,26);1H. The van der Waals surface area contributed by atoms with Crippen LogP contribution in [0.5, 0.6) is 5.75 Å². The van der Waals surface area contributed by atoms with Gasteiger partial charge in [0.25, 0.3) is 15.9 Å². The fourth-order valence-electron chi connectivity index (χ4n) is 3.69. The normalized spacial score (nSPS) is 12.8. The van der Waals surface area contributed by atoms with E-state index >= 15 is 0 Å². The Kier molecular flexibility index (Phi) is 7.80. The molecule has 0 fully saturated rings. The lowest BCUT2D eigenvalue weighted by atomic mass is 10.0. The summed E-state index contributed by atoms with van der Waals surface area (Å²) in [5.41, 5.74) is 8.13. The minimum atomic E-state index is -3.69. The first kappa shape index (κ1) is 25.1. The zero-order chi connectivity index (χ0) is 23.4. The van der Waals surface area contributed by atoms with Crippen molar-refractivity contribution in [1.82, 2.24) is 0 Å². The first-order valence-corrected chi connectivity index (χ1v) is 11.9. The molecule has 178 valence electrons.